The van der Waals surface area contributed by atoms with Gasteiger partial charge in [0.25, 0.3) is 0 Å². The highest BCUT2D eigenvalue weighted by atomic mass is 79.9. The quantitative estimate of drug-likeness (QED) is 0.785. The standard InChI is InChI=1S/C12H10N2O2S.BrH/c1-16-11-6-8(2-3-10(11)15)9-7-14-4-5-17-12(14)13-9;/h2-7,15H,1H3;1H. The summed E-state index contributed by atoms with van der Waals surface area (Å²) in [7, 11) is 1.53. The number of ether oxygens (including phenoxy) is 1. The summed E-state index contributed by atoms with van der Waals surface area (Å²) in [5.74, 6) is 0.594. The molecule has 0 saturated carbocycles. The zero-order valence-corrected chi connectivity index (χ0v) is 12.1. The van der Waals surface area contributed by atoms with E-state index in [1.165, 1.54) is 7.11 Å². The first-order valence-electron chi connectivity index (χ1n) is 5.07. The van der Waals surface area contributed by atoms with Gasteiger partial charge in [0, 0.05) is 23.3 Å². The zero-order valence-electron chi connectivity index (χ0n) is 9.53. The van der Waals surface area contributed by atoms with Gasteiger partial charge in [0.1, 0.15) is 0 Å². The molecule has 0 amide bonds. The van der Waals surface area contributed by atoms with Crippen LogP contribution in [0.1, 0.15) is 0 Å². The molecule has 1 aromatic carbocycles. The summed E-state index contributed by atoms with van der Waals surface area (Å²) < 4.78 is 7.05. The minimum absolute atomic E-state index is 0. The van der Waals surface area contributed by atoms with Gasteiger partial charge < -0.3 is 9.84 Å². The van der Waals surface area contributed by atoms with Crippen LogP contribution in [0.5, 0.6) is 11.5 Å². The Labute approximate surface area is 118 Å². The van der Waals surface area contributed by atoms with Crippen molar-refractivity contribution in [1.82, 2.24) is 9.38 Å². The van der Waals surface area contributed by atoms with Gasteiger partial charge in [0.2, 0.25) is 0 Å². The number of nitrogens with zero attached hydrogens (tertiary/aromatic N) is 2. The predicted molar refractivity (Wildman–Crippen MR) is 77.0 cm³/mol. The van der Waals surface area contributed by atoms with Crippen molar-refractivity contribution in [2.24, 2.45) is 0 Å². The average Bonchev–Trinajstić information content (AvgIpc) is 2.90. The van der Waals surface area contributed by atoms with Gasteiger partial charge in [-0.2, -0.15) is 0 Å². The van der Waals surface area contributed by atoms with Crippen LogP contribution < -0.4 is 4.74 Å². The molecule has 94 valence electrons. The summed E-state index contributed by atoms with van der Waals surface area (Å²) >= 11 is 1.59. The summed E-state index contributed by atoms with van der Waals surface area (Å²) in [6, 6.07) is 5.22. The lowest BCUT2D eigenvalue weighted by molar-refractivity contribution is 0.373. The number of imidazole rings is 1. The van der Waals surface area contributed by atoms with Crippen molar-refractivity contribution >= 4 is 33.3 Å². The summed E-state index contributed by atoms with van der Waals surface area (Å²) in [6.45, 7) is 0. The van der Waals surface area contributed by atoms with Crippen LogP contribution in [0.15, 0.2) is 36.0 Å². The number of thiazole rings is 1. The first-order chi connectivity index (χ1) is 8.28. The van der Waals surface area contributed by atoms with Gasteiger partial charge in [0.05, 0.1) is 12.8 Å². The highest BCUT2D eigenvalue weighted by Gasteiger charge is 2.08. The fraction of sp³-hybridized carbons (Fsp3) is 0.0833. The summed E-state index contributed by atoms with van der Waals surface area (Å²) in [6.07, 6.45) is 3.92. The number of fused-ring (bicyclic) bond motifs is 1. The molecule has 4 nitrogen and oxygen atoms in total. The number of methoxy groups -OCH3 is 1. The number of benzene rings is 1. The van der Waals surface area contributed by atoms with E-state index in [9.17, 15) is 5.11 Å². The average molecular weight is 327 g/mol. The molecule has 1 N–H and O–H groups in total. The van der Waals surface area contributed by atoms with Crippen molar-refractivity contribution < 1.29 is 9.84 Å². The van der Waals surface area contributed by atoms with Crippen molar-refractivity contribution in [2.45, 2.75) is 0 Å². The van der Waals surface area contributed by atoms with E-state index in [1.807, 2.05) is 28.2 Å². The van der Waals surface area contributed by atoms with Crippen LogP contribution in [0.25, 0.3) is 16.2 Å². The van der Waals surface area contributed by atoms with E-state index in [4.69, 9.17) is 4.74 Å². The highest BCUT2D eigenvalue weighted by Crippen LogP contribution is 2.31. The van der Waals surface area contributed by atoms with Crippen molar-refractivity contribution in [3.8, 4) is 22.8 Å². The van der Waals surface area contributed by atoms with Gasteiger partial charge in [0.15, 0.2) is 16.5 Å². The monoisotopic (exact) mass is 326 g/mol. The Morgan fingerprint density at radius 3 is 2.94 bits per heavy atom. The molecule has 0 bridgehead atoms. The number of aromatic hydroxyl groups is 1. The number of rotatable bonds is 2. The number of phenolic OH excluding ortho intramolecular Hbond substituents is 1. The molecule has 0 aliphatic heterocycles. The number of halogens is 1. The Morgan fingerprint density at radius 1 is 1.39 bits per heavy atom. The van der Waals surface area contributed by atoms with Crippen LogP contribution >= 0.6 is 28.3 Å². The molecule has 6 heteroatoms. The Kier molecular flexibility index (Phi) is 3.58. The lowest BCUT2D eigenvalue weighted by atomic mass is 10.1. The Bertz CT molecular complexity index is 649. The predicted octanol–water partition coefficient (Wildman–Crippen LogP) is 3.35. The SMILES string of the molecule is Br.COc1cc(-c2cn3ccsc3n2)ccc1O. The second kappa shape index (κ2) is 4.99. The smallest absolute Gasteiger partial charge is 0.194 e. The van der Waals surface area contributed by atoms with Crippen molar-refractivity contribution in [3.05, 3.63) is 36.0 Å². The van der Waals surface area contributed by atoms with Crippen molar-refractivity contribution in [2.75, 3.05) is 7.11 Å². The van der Waals surface area contributed by atoms with Crippen LogP contribution in [0.3, 0.4) is 0 Å². The van der Waals surface area contributed by atoms with Gasteiger partial charge in [-0.05, 0) is 18.2 Å². The van der Waals surface area contributed by atoms with E-state index in [0.717, 1.165) is 16.2 Å². The van der Waals surface area contributed by atoms with E-state index in [0.29, 0.717) is 5.75 Å². The molecular formula is C12H11BrN2O2S. The lowest BCUT2D eigenvalue weighted by Crippen LogP contribution is -1.85. The molecular weight excluding hydrogens is 316 g/mol. The molecule has 0 spiro atoms. The van der Waals surface area contributed by atoms with Crippen LogP contribution in [-0.2, 0) is 0 Å². The molecule has 3 aromatic rings. The number of aromatic nitrogens is 2. The molecule has 0 saturated heterocycles. The Balaban J connectivity index is 0.00000120. The highest BCUT2D eigenvalue weighted by molar-refractivity contribution is 8.93. The van der Waals surface area contributed by atoms with E-state index < -0.39 is 0 Å². The van der Waals surface area contributed by atoms with E-state index in [1.54, 1.807) is 23.5 Å². The van der Waals surface area contributed by atoms with Crippen LogP contribution in [-0.4, -0.2) is 21.6 Å². The summed E-state index contributed by atoms with van der Waals surface area (Å²) in [4.78, 5) is 5.44. The molecule has 0 aliphatic carbocycles. The Hall–Kier alpha value is -1.53. The number of hydrogen-bond acceptors (Lipinski definition) is 4. The molecule has 0 aliphatic rings. The minimum atomic E-state index is 0. The minimum Gasteiger partial charge on any atom is -0.504 e. The number of hydrogen-bond donors (Lipinski definition) is 1. The third-order valence-corrected chi connectivity index (χ3v) is 3.34. The topological polar surface area (TPSA) is 46.8 Å². The molecule has 2 aromatic heterocycles. The van der Waals surface area contributed by atoms with E-state index >= 15 is 0 Å². The zero-order chi connectivity index (χ0) is 11.8. The molecule has 18 heavy (non-hydrogen) atoms. The second-order valence-electron chi connectivity index (χ2n) is 3.61. The van der Waals surface area contributed by atoms with Gasteiger partial charge in [-0.25, -0.2) is 4.98 Å². The van der Waals surface area contributed by atoms with Gasteiger partial charge in [-0.15, -0.1) is 28.3 Å². The fourth-order valence-corrected chi connectivity index (χ4v) is 2.40. The molecule has 2 heterocycles. The first kappa shape index (κ1) is 12.9. The fourth-order valence-electron chi connectivity index (χ4n) is 1.70. The van der Waals surface area contributed by atoms with Crippen LogP contribution in [0.2, 0.25) is 0 Å². The lowest BCUT2D eigenvalue weighted by Gasteiger charge is -2.04. The summed E-state index contributed by atoms with van der Waals surface area (Å²) in [5, 5.41) is 11.5. The molecule has 0 fully saturated rings. The van der Waals surface area contributed by atoms with E-state index in [2.05, 4.69) is 4.98 Å². The number of phenols is 1. The Morgan fingerprint density at radius 2 is 2.22 bits per heavy atom. The molecule has 0 radical (unpaired) electrons. The second-order valence-corrected chi connectivity index (χ2v) is 4.48. The molecule has 0 unspecified atom stereocenters. The van der Waals surface area contributed by atoms with Crippen molar-refractivity contribution in [3.63, 3.8) is 0 Å². The summed E-state index contributed by atoms with van der Waals surface area (Å²) in [5.41, 5.74) is 1.80. The van der Waals surface area contributed by atoms with Gasteiger partial charge in [-0.1, -0.05) is 0 Å². The largest absolute Gasteiger partial charge is 0.504 e. The van der Waals surface area contributed by atoms with Gasteiger partial charge >= 0.3 is 0 Å². The van der Waals surface area contributed by atoms with Crippen LogP contribution in [0.4, 0.5) is 0 Å². The maximum Gasteiger partial charge on any atom is 0.194 e. The third kappa shape index (κ3) is 2.09. The first-order valence-corrected chi connectivity index (χ1v) is 5.95. The molecule has 0 atom stereocenters. The maximum absolute atomic E-state index is 9.53. The maximum atomic E-state index is 9.53. The van der Waals surface area contributed by atoms with Crippen molar-refractivity contribution in [1.29, 1.82) is 0 Å². The van der Waals surface area contributed by atoms with E-state index in [-0.39, 0.29) is 22.7 Å². The van der Waals surface area contributed by atoms with Crippen LogP contribution in [0, 0.1) is 0 Å². The third-order valence-electron chi connectivity index (χ3n) is 2.57. The normalized spacial score (nSPS) is 10.3. The van der Waals surface area contributed by atoms with Gasteiger partial charge in [-0.3, -0.25) is 4.40 Å². The molecule has 3 rings (SSSR count).